The van der Waals surface area contributed by atoms with E-state index in [1.54, 1.807) is 6.07 Å². The average molecular weight is 668 g/mol. The van der Waals surface area contributed by atoms with Crippen LogP contribution in [-0.4, -0.2) is 113 Å². The molecule has 250 valence electrons. The molecular weight excluding hydrogens is 636 g/mol. The summed E-state index contributed by atoms with van der Waals surface area (Å²) < 4.78 is 141. The van der Waals surface area contributed by atoms with Gasteiger partial charge in [0.2, 0.25) is 0 Å². The number of hydrogen-bond donors (Lipinski definition) is 0. The van der Waals surface area contributed by atoms with E-state index in [1.165, 1.54) is 38.3 Å². The second-order valence-corrected chi connectivity index (χ2v) is 11.2. The van der Waals surface area contributed by atoms with E-state index in [9.17, 15) is 44.3 Å². The van der Waals surface area contributed by atoms with Crippen LogP contribution < -0.4 is 0 Å². The van der Waals surface area contributed by atoms with Gasteiger partial charge in [-0.3, -0.25) is 8.98 Å². The fraction of sp³-hybridized carbons (Fsp3) is 0.680. The van der Waals surface area contributed by atoms with Crippen LogP contribution in [0.5, 0.6) is 0 Å². The number of likely N-dealkylation sites (N-methyl/N-ethyl adjacent to an activating group) is 1. The van der Waals surface area contributed by atoms with Gasteiger partial charge in [0.05, 0.1) is 30.4 Å². The molecule has 2 saturated heterocycles. The molecule has 19 heteroatoms. The van der Waals surface area contributed by atoms with Gasteiger partial charge in [-0.2, -0.15) is 34.8 Å². The van der Waals surface area contributed by atoms with Crippen molar-refractivity contribution in [1.29, 1.82) is 0 Å². The number of carbonyl (C=O) groups excluding carboxylic acids is 2. The third kappa shape index (κ3) is 8.18. The topological polar surface area (TPSA) is 136 Å². The van der Waals surface area contributed by atoms with E-state index in [0.29, 0.717) is 4.90 Å². The summed E-state index contributed by atoms with van der Waals surface area (Å²) in [5.41, 5.74) is -5.90. The van der Waals surface area contributed by atoms with Crippen LogP contribution in [0.15, 0.2) is 30.3 Å². The number of hydrogen-bond acceptors (Lipinski definition) is 11. The van der Waals surface area contributed by atoms with E-state index in [4.69, 9.17) is 28.4 Å². The van der Waals surface area contributed by atoms with Crippen molar-refractivity contribution in [1.82, 2.24) is 4.90 Å². The highest BCUT2D eigenvalue weighted by Crippen LogP contribution is 2.36. The molecule has 12 nitrogen and oxygen atoms in total. The maximum atomic E-state index is 13.3. The number of methoxy groups -OCH3 is 2. The highest BCUT2D eigenvalue weighted by Gasteiger charge is 2.56. The highest BCUT2D eigenvalue weighted by atomic mass is 32.2. The second kappa shape index (κ2) is 14.3. The molecule has 0 radical (unpaired) electrons. The van der Waals surface area contributed by atoms with E-state index in [-0.39, 0.29) is 18.5 Å². The molecule has 0 aromatic heterocycles. The summed E-state index contributed by atoms with van der Waals surface area (Å²) in [4.78, 5) is 25.5. The van der Waals surface area contributed by atoms with Gasteiger partial charge in [0.15, 0.2) is 24.8 Å². The van der Waals surface area contributed by atoms with Crippen molar-refractivity contribution in [3.8, 4) is 0 Å². The molecule has 1 aromatic carbocycles. The Bertz CT molecular complexity index is 1230. The van der Waals surface area contributed by atoms with Crippen molar-refractivity contribution in [2.75, 3.05) is 27.4 Å². The Labute approximate surface area is 248 Å². The van der Waals surface area contributed by atoms with Gasteiger partial charge in [-0.15, -0.1) is 0 Å². The first kappa shape index (κ1) is 35.9. The lowest BCUT2D eigenvalue weighted by molar-refractivity contribution is -0.329. The van der Waals surface area contributed by atoms with Crippen molar-refractivity contribution in [3.05, 3.63) is 35.9 Å². The quantitative estimate of drug-likeness (QED) is 0.158. The smallest absolute Gasteiger partial charge is 0.453 e. The monoisotopic (exact) mass is 667 g/mol. The first-order valence-electron chi connectivity index (χ1n) is 13.1. The SMILES string of the molecule is CCN(C(=O)C(F)(F)F)[C@H]1CO[C@@H](O[C@H]2[C@H](OC)O[C@H](C)[C@H](OS(=O)(=O)C(F)(F)F)[C@@H]2OC(=O)c2ccccc2)C[C@@H]1OC. The van der Waals surface area contributed by atoms with E-state index < -0.39 is 89.4 Å². The molecule has 2 aliphatic heterocycles. The van der Waals surface area contributed by atoms with Gasteiger partial charge >= 0.3 is 33.7 Å². The Kier molecular flexibility index (Phi) is 11.6. The van der Waals surface area contributed by atoms with E-state index in [0.717, 1.165) is 14.0 Å². The van der Waals surface area contributed by atoms with E-state index >= 15 is 0 Å². The normalized spacial score (nSPS) is 30.0. The van der Waals surface area contributed by atoms with Gasteiger partial charge in [0, 0.05) is 27.2 Å². The Balaban J connectivity index is 1.93. The zero-order valence-electron chi connectivity index (χ0n) is 23.7. The molecule has 0 bridgehead atoms. The first-order chi connectivity index (χ1) is 20.4. The van der Waals surface area contributed by atoms with Gasteiger partial charge < -0.3 is 33.3 Å². The predicted octanol–water partition coefficient (Wildman–Crippen LogP) is 2.76. The molecule has 8 atom stereocenters. The summed E-state index contributed by atoms with van der Waals surface area (Å²) in [5.74, 6) is -3.21. The third-order valence-corrected chi connectivity index (χ3v) is 7.94. The number of ether oxygens (including phenoxy) is 6. The van der Waals surface area contributed by atoms with Crippen LogP contribution in [0.3, 0.4) is 0 Å². The minimum absolute atomic E-state index is 0.0537. The van der Waals surface area contributed by atoms with Gasteiger partial charge in [0.25, 0.3) is 0 Å². The Morgan fingerprint density at radius 3 is 2.16 bits per heavy atom. The van der Waals surface area contributed by atoms with Crippen LogP contribution in [0.1, 0.15) is 30.6 Å². The van der Waals surface area contributed by atoms with Gasteiger partial charge in [-0.25, -0.2) is 4.79 Å². The Morgan fingerprint density at radius 1 is 1.00 bits per heavy atom. The molecule has 0 aliphatic carbocycles. The molecule has 0 N–H and O–H groups in total. The summed E-state index contributed by atoms with van der Waals surface area (Å²) in [5, 5.41) is 0. The highest BCUT2D eigenvalue weighted by molar-refractivity contribution is 7.87. The third-order valence-electron chi connectivity index (χ3n) is 6.90. The summed E-state index contributed by atoms with van der Waals surface area (Å²) in [6, 6.07) is 5.96. The number of nitrogens with zero attached hydrogens (tertiary/aromatic N) is 1. The molecule has 2 fully saturated rings. The lowest BCUT2D eigenvalue weighted by Crippen LogP contribution is -2.63. The van der Waals surface area contributed by atoms with Crippen molar-refractivity contribution in [2.24, 2.45) is 0 Å². The van der Waals surface area contributed by atoms with Crippen molar-refractivity contribution >= 4 is 22.0 Å². The molecular formula is C25H31F6NO11S. The lowest BCUT2D eigenvalue weighted by Gasteiger charge is -2.46. The zero-order valence-corrected chi connectivity index (χ0v) is 24.6. The lowest BCUT2D eigenvalue weighted by atomic mass is 9.98. The minimum Gasteiger partial charge on any atom is -0.453 e. The molecule has 1 amide bonds. The van der Waals surface area contributed by atoms with Crippen molar-refractivity contribution in [3.63, 3.8) is 0 Å². The van der Waals surface area contributed by atoms with E-state index in [2.05, 4.69) is 4.18 Å². The number of rotatable bonds is 10. The zero-order chi connectivity index (χ0) is 33.0. The number of benzene rings is 1. The van der Waals surface area contributed by atoms with Crippen LogP contribution in [0.25, 0.3) is 0 Å². The van der Waals surface area contributed by atoms with Crippen LogP contribution in [0.4, 0.5) is 26.3 Å². The van der Waals surface area contributed by atoms with Crippen LogP contribution >= 0.6 is 0 Å². The number of esters is 1. The van der Waals surface area contributed by atoms with Gasteiger partial charge in [-0.05, 0) is 26.0 Å². The van der Waals surface area contributed by atoms with Crippen LogP contribution in [0, 0.1) is 0 Å². The molecule has 0 saturated carbocycles. The summed E-state index contributed by atoms with van der Waals surface area (Å²) >= 11 is 0. The summed E-state index contributed by atoms with van der Waals surface area (Å²) in [6.07, 6.45) is -16.7. The molecule has 0 spiro atoms. The molecule has 2 heterocycles. The minimum atomic E-state index is -6.25. The number of halogens is 6. The van der Waals surface area contributed by atoms with E-state index in [1.807, 2.05) is 0 Å². The maximum absolute atomic E-state index is 13.3. The summed E-state index contributed by atoms with van der Waals surface area (Å²) in [7, 11) is -3.95. The number of alkyl halides is 6. The summed E-state index contributed by atoms with van der Waals surface area (Å²) in [6.45, 7) is 1.60. The maximum Gasteiger partial charge on any atom is 0.523 e. The molecule has 3 rings (SSSR count). The molecule has 0 unspecified atom stereocenters. The Hall–Kier alpha value is -2.55. The number of amides is 1. The van der Waals surface area contributed by atoms with Crippen LogP contribution in [0.2, 0.25) is 0 Å². The van der Waals surface area contributed by atoms with Crippen LogP contribution in [-0.2, 0) is 47.5 Å². The fourth-order valence-corrected chi connectivity index (χ4v) is 5.44. The van der Waals surface area contributed by atoms with Gasteiger partial charge in [-0.1, -0.05) is 18.2 Å². The Morgan fingerprint density at radius 2 is 1.64 bits per heavy atom. The molecule has 1 aromatic rings. The van der Waals surface area contributed by atoms with Gasteiger partial charge in [0.1, 0.15) is 6.10 Å². The molecule has 44 heavy (non-hydrogen) atoms. The fourth-order valence-electron chi connectivity index (χ4n) is 4.77. The standard InChI is InChI=1S/C25H31F6NO11S/c1-5-32(23(34)24(26,27)28)15-12-39-17(11-16(15)37-3)41-20-19(42-21(33)14-9-7-6-8-10-14)18(13(2)40-22(20)38-4)43-44(35,36)25(29,30)31/h6-10,13,15-20,22H,5,11-12H2,1-4H3/t13-,15+,16+,17+,18+,19+,20-,22-/m1/s1. The average Bonchev–Trinajstić information content (AvgIpc) is 2.96. The van der Waals surface area contributed by atoms with Crippen molar-refractivity contribution < 1.29 is 77.0 Å². The predicted molar refractivity (Wildman–Crippen MR) is 134 cm³/mol. The molecule has 2 aliphatic rings. The van der Waals surface area contributed by atoms with Crippen molar-refractivity contribution in [2.45, 2.75) is 81.1 Å². The first-order valence-corrected chi connectivity index (χ1v) is 14.5. The second-order valence-electron chi connectivity index (χ2n) is 9.67. The number of carbonyl (C=O) groups is 2. The largest absolute Gasteiger partial charge is 0.523 e.